The van der Waals surface area contributed by atoms with Gasteiger partial charge < -0.3 is 14.6 Å². The number of hydrogen-bond donors (Lipinski definition) is 1. The molecule has 0 bridgehead atoms. The Morgan fingerprint density at radius 3 is 2.68 bits per heavy atom. The van der Waals surface area contributed by atoms with Gasteiger partial charge in [0.15, 0.2) is 5.76 Å². The number of carbonyl (C=O) groups is 2. The number of para-hydroxylation sites is 1. The lowest BCUT2D eigenvalue weighted by molar-refractivity contribution is 0.0693. The molecular weight excluding hydrogens is 284 g/mol. The van der Waals surface area contributed by atoms with Crippen molar-refractivity contribution in [1.29, 1.82) is 0 Å². The number of fused-ring (bicyclic) bond motifs is 1. The molecule has 1 N–H and O–H groups in total. The number of methoxy groups -OCH3 is 1. The van der Waals surface area contributed by atoms with E-state index in [1.165, 1.54) is 13.2 Å². The molecule has 0 saturated heterocycles. The molecule has 0 aromatic heterocycles. The molecule has 0 amide bonds. The number of ether oxygens (including phenoxy) is 2. The van der Waals surface area contributed by atoms with Crippen LogP contribution in [0.2, 0.25) is 0 Å². The number of allylic oxidation sites excluding steroid dienone is 1. The molecule has 5 nitrogen and oxygen atoms in total. The van der Waals surface area contributed by atoms with E-state index in [9.17, 15) is 9.59 Å². The van der Waals surface area contributed by atoms with Crippen LogP contribution in [-0.4, -0.2) is 24.0 Å². The van der Waals surface area contributed by atoms with Gasteiger partial charge in [0, 0.05) is 0 Å². The Morgan fingerprint density at radius 2 is 2.00 bits per heavy atom. The average molecular weight is 296 g/mol. The van der Waals surface area contributed by atoms with Gasteiger partial charge in [-0.2, -0.15) is 0 Å². The van der Waals surface area contributed by atoms with Gasteiger partial charge in [0.05, 0.1) is 12.7 Å². The number of carboxylic acids is 1. The monoisotopic (exact) mass is 296 g/mol. The Kier molecular flexibility index (Phi) is 3.39. The number of rotatable bonds is 3. The summed E-state index contributed by atoms with van der Waals surface area (Å²) in [6.07, 6.45) is 1.57. The highest BCUT2D eigenvalue weighted by atomic mass is 16.5. The minimum atomic E-state index is -1.07. The van der Waals surface area contributed by atoms with Crippen LogP contribution in [0.25, 0.3) is 6.08 Å². The van der Waals surface area contributed by atoms with Gasteiger partial charge in [0.2, 0.25) is 5.78 Å². The number of ketones is 1. The summed E-state index contributed by atoms with van der Waals surface area (Å²) in [5.74, 6) is -0.322. The molecule has 0 atom stereocenters. The van der Waals surface area contributed by atoms with Crippen molar-refractivity contribution in [2.24, 2.45) is 0 Å². The SMILES string of the molecule is COc1cc(C=C2Oc3ccccc3C2=O)ccc1C(=O)O. The number of benzene rings is 2. The second-order valence-electron chi connectivity index (χ2n) is 4.70. The van der Waals surface area contributed by atoms with Crippen LogP contribution >= 0.6 is 0 Å². The molecule has 2 aromatic rings. The molecule has 1 aliphatic heterocycles. The molecule has 1 aliphatic rings. The van der Waals surface area contributed by atoms with Crippen LogP contribution in [0.4, 0.5) is 0 Å². The van der Waals surface area contributed by atoms with E-state index in [0.29, 0.717) is 16.9 Å². The number of carbonyl (C=O) groups excluding carboxylic acids is 1. The molecule has 0 saturated carbocycles. The molecule has 0 aliphatic carbocycles. The van der Waals surface area contributed by atoms with E-state index < -0.39 is 5.97 Å². The lowest BCUT2D eigenvalue weighted by Crippen LogP contribution is -2.01. The van der Waals surface area contributed by atoms with E-state index in [4.69, 9.17) is 14.6 Å². The van der Waals surface area contributed by atoms with Crippen molar-refractivity contribution in [3.63, 3.8) is 0 Å². The molecule has 22 heavy (non-hydrogen) atoms. The lowest BCUT2D eigenvalue weighted by atomic mass is 10.1. The van der Waals surface area contributed by atoms with Gasteiger partial charge in [-0.3, -0.25) is 4.79 Å². The van der Waals surface area contributed by atoms with Crippen LogP contribution in [0, 0.1) is 0 Å². The van der Waals surface area contributed by atoms with E-state index >= 15 is 0 Å². The summed E-state index contributed by atoms with van der Waals surface area (Å²) in [5.41, 5.74) is 1.20. The van der Waals surface area contributed by atoms with Crippen molar-refractivity contribution in [2.45, 2.75) is 0 Å². The van der Waals surface area contributed by atoms with Gasteiger partial charge in [0.25, 0.3) is 0 Å². The van der Waals surface area contributed by atoms with E-state index in [-0.39, 0.29) is 22.9 Å². The molecule has 2 aromatic carbocycles. The largest absolute Gasteiger partial charge is 0.496 e. The Morgan fingerprint density at radius 1 is 1.23 bits per heavy atom. The van der Waals surface area contributed by atoms with Crippen LogP contribution in [0.1, 0.15) is 26.3 Å². The first kappa shape index (κ1) is 13.9. The highest BCUT2D eigenvalue weighted by Gasteiger charge is 2.26. The number of aromatic carboxylic acids is 1. The van der Waals surface area contributed by atoms with Gasteiger partial charge >= 0.3 is 5.97 Å². The third kappa shape index (κ3) is 2.33. The van der Waals surface area contributed by atoms with Crippen LogP contribution in [0.3, 0.4) is 0 Å². The zero-order valence-corrected chi connectivity index (χ0v) is 11.7. The molecule has 5 heteroatoms. The zero-order valence-electron chi connectivity index (χ0n) is 11.7. The Bertz CT molecular complexity index is 804. The quantitative estimate of drug-likeness (QED) is 0.881. The minimum absolute atomic E-state index is 0.0617. The van der Waals surface area contributed by atoms with E-state index in [1.807, 2.05) is 0 Å². The number of hydrogen-bond acceptors (Lipinski definition) is 4. The second-order valence-corrected chi connectivity index (χ2v) is 4.70. The van der Waals surface area contributed by atoms with Crippen molar-refractivity contribution >= 4 is 17.8 Å². The van der Waals surface area contributed by atoms with E-state index in [0.717, 1.165) is 0 Å². The third-order valence-corrected chi connectivity index (χ3v) is 3.33. The van der Waals surface area contributed by atoms with Crippen molar-refractivity contribution in [3.05, 3.63) is 64.9 Å². The highest BCUT2D eigenvalue weighted by Crippen LogP contribution is 2.32. The van der Waals surface area contributed by atoms with Gasteiger partial charge in [0.1, 0.15) is 17.1 Å². The predicted octanol–water partition coefficient (Wildman–Crippen LogP) is 3.01. The minimum Gasteiger partial charge on any atom is -0.496 e. The normalized spacial score (nSPS) is 14.6. The average Bonchev–Trinajstić information content (AvgIpc) is 2.83. The van der Waals surface area contributed by atoms with Crippen molar-refractivity contribution in [2.75, 3.05) is 7.11 Å². The fourth-order valence-corrected chi connectivity index (χ4v) is 2.26. The summed E-state index contributed by atoms with van der Waals surface area (Å²) in [7, 11) is 1.39. The first-order valence-corrected chi connectivity index (χ1v) is 6.55. The van der Waals surface area contributed by atoms with Crippen LogP contribution in [-0.2, 0) is 0 Å². The topological polar surface area (TPSA) is 72.8 Å². The summed E-state index contributed by atoms with van der Waals surface area (Å²) in [4.78, 5) is 23.3. The molecule has 110 valence electrons. The maximum absolute atomic E-state index is 12.2. The molecule has 0 fully saturated rings. The van der Waals surface area contributed by atoms with E-state index in [2.05, 4.69) is 0 Å². The van der Waals surface area contributed by atoms with Crippen LogP contribution in [0.15, 0.2) is 48.2 Å². The first-order chi connectivity index (χ1) is 10.6. The second kappa shape index (κ2) is 5.37. The lowest BCUT2D eigenvalue weighted by Gasteiger charge is -2.06. The fourth-order valence-electron chi connectivity index (χ4n) is 2.26. The van der Waals surface area contributed by atoms with Gasteiger partial charge in [-0.1, -0.05) is 18.2 Å². The van der Waals surface area contributed by atoms with Gasteiger partial charge in [-0.15, -0.1) is 0 Å². The summed E-state index contributed by atoms with van der Waals surface area (Å²) in [6, 6.07) is 11.6. The van der Waals surface area contributed by atoms with Gasteiger partial charge in [-0.25, -0.2) is 4.79 Å². The molecule has 0 unspecified atom stereocenters. The van der Waals surface area contributed by atoms with Crippen LogP contribution in [0.5, 0.6) is 11.5 Å². The Balaban J connectivity index is 1.97. The predicted molar refractivity (Wildman–Crippen MR) is 79.3 cm³/mol. The van der Waals surface area contributed by atoms with Crippen molar-refractivity contribution in [3.8, 4) is 11.5 Å². The van der Waals surface area contributed by atoms with Crippen molar-refractivity contribution in [1.82, 2.24) is 0 Å². The smallest absolute Gasteiger partial charge is 0.339 e. The first-order valence-electron chi connectivity index (χ1n) is 6.55. The molecule has 0 radical (unpaired) electrons. The third-order valence-electron chi connectivity index (χ3n) is 3.33. The maximum atomic E-state index is 12.2. The summed E-state index contributed by atoms with van der Waals surface area (Å²) >= 11 is 0. The van der Waals surface area contributed by atoms with Crippen LogP contribution < -0.4 is 9.47 Å². The molecule has 1 heterocycles. The van der Waals surface area contributed by atoms with Gasteiger partial charge in [-0.05, 0) is 35.9 Å². The van der Waals surface area contributed by atoms with E-state index in [1.54, 1.807) is 42.5 Å². The van der Waals surface area contributed by atoms with Crippen molar-refractivity contribution < 1.29 is 24.2 Å². The molecule has 3 rings (SSSR count). The molecular formula is C17H12O5. The maximum Gasteiger partial charge on any atom is 0.339 e. The summed E-state index contributed by atoms with van der Waals surface area (Å²) in [5, 5.41) is 9.06. The fraction of sp³-hybridized carbons (Fsp3) is 0.0588. The highest BCUT2D eigenvalue weighted by molar-refractivity contribution is 6.14. The summed E-state index contributed by atoms with van der Waals surface area (Å²) in [6.45, 7) is 0. The Hall–Kier alpha value is -3.08. The standard InChI is InChI=1S/C17H12O5/c1-21-14-8-10(6-7-12(14)17(19)20)9-15-16(18)11-4-2-3-5-13(11)22-15/h2-9H,1H3,(H,19,20). The number of Topliss-reactive ketones (excluding diaryl/α,β-unsaturated/α-hetero) is 1. The zero-order chi connectivity index (χ0) is 15.7. The Labute approximate surface area is 126 Å². The number of carboxylic acid groups (broad SMARTS) is 1. The summed E-state index contributed by atoms with van der Waals surface area (Å²) < 4.78 is 10.6. The molecule has 0 spiro atoms.